The quantitative estimate of drug-likeness (QED) is 0.679. The third kappa shape index (κ3) is 4.08. The summed E-state index contributed by atoms with van der Waals surface area (Å²) in [7, 11) is 0. The number of anilines is 1. The average Bonchev–Trinajstić information content (AvgIpc) is 3.05. The number of nitrogens with one attached hydrogen (secondary N) is 1. The van der Waals surface area contributed by atoms with E-state index >= 15 is 0 Å². The highest BCUT2D eigenvalue weighted by Crippen LogP contribution is 2.28. The summed E-state index contributed by atoms with van der Waals surface area (Å²) in [5.41, 5.74) is 3.33. The minimum Gasteiger partial charge on any atom is -0.296 e. The van der Waals surface area contributed by atoms with Crippen LogP contribution in [0.4, 0.5) is 5.13 Å². The first kappa shape index (κ1) is 18.5. The number of aryl methyl sites for hydroxylation is 1. The van der Waals surface area contributed by atoms with Gasteiger partial charge >= 0.3 is 0 Å². The van der Waals surface area contributed by atoms with Gasteiger partial charge in [0, 0.05) is 10.9 Å². The second kappa shape index (κ2) is 7.13. The molecule has 2 aromatic heterocycles. The van der Waals surface area contributed by atoms with Crippen LogP contribution in [0.25, 0.3) is 11.3 Å². The van der Waals surface area contributed by atoms with Gasteiger partial charge in [-0.25, -0.2) is 15.0 Å². The molecule has 0 atom stereocenters. The molecule has 7 heteroatoms. The van der Waals surface area contributed by atoms with Gasteiger partial charge in [0.25, 0.3) is 5.91 Å². The third-order valence-electron chi connectivity index (χ3n) is 3.85. The molecule has 1 aromatic carbocycles. The number of hydrogen-bond acceptors (Lipinski definition) is 5. The normalized spacial score (nSPS) is 11.4. The molecule has 0 radical (unpaired) electrons. The van der Waals surface area contributed by atoms with Crippen LogP contribution >= 0.6 is 22.9 Å². The van der Waals surface area contributed by atoms with Crippen molar-refractivity contribution in [1.29, 1.82) is 0 Å². The van der Waals surface area contributed by atoms with Crippen LogP contribution in [0.3, 0.4) is 0 Å². The van der Waals surface area contributed by atoms with Crippen molar-refractivity contribution in [3.05, 3.63) is 57.9 Å². The lowest BCUT2D eigenvalue weighted by atomic mass is 9.86. The molecule has 0 fully saturated rings. The number of benzene rings is 1. The van der Waals surface area contributed by atoms with Gasteiger partial charge in [0.05, 0.1) is 16.9 Å². The maximum atomic E-state index is 12.4. The number of amides is 1. The van der Waals surface area contributed by atoms with Gasteiger partial charge in [-0.05, 0) is 17.9 Å². The molecule has 134 valence electrons. The zero-order chi connectivity index (χ0) is 18.9. The van der Waals surface area contributed by atoms with Gasteiger partial charge in [-0.15, -0.1) is 11.3 Å². The van der Waals surface area contributed by atoms with Gasteiger partial charge in [0.2, 0.25) is 0 Å². The predicted octanol–water partition coefficient (Wildman–Crippen LogP) is 5.11. The lowest BCUT2D eigenvalue weighted by molar-refractivity contribution is 0.102. The summed E-state index contributed by atoms with van der Waals surface area (Å²) in [4.78, 5) is 24.9. The molecule has 5 nitrogen and oxygen atoms in total. The lowest BCUT2D eigenvalue weighted by Gasteiger charge is -2.18. The van der Waals surface area contributed by atoms with Crippen molar-refractivity contribution in [2.24, 2.45) is 0 Å². The maximum Gasteiger partial charge on any atom is 0.277 e. The standard InChI is InChI=1S/C19H19ClN4OS/c1-11-21-9-14(20)16(22-11)17(25)24-18-23-15(10-26-18)12-5-7-13(8-6-12)19(2,3)4/h5-10H,1-4H3,(H,23,24,25). The first-order valence-electron chi connectivity index (χ1n) is 8.11. The molecule has 1 N–H and O–H groups in total. The van der Waals surface area contributed by atoms with Crippen LogP contribution in [-0.4, -0.2) is 20.9 Å². The number of carbonyl (C=O) groups excluding carboxylic acids is 1. The Labute approximate surface area is 161 Å². The zero-order valence-corrected chi connectivity index (χ0v) is 16.6. The molecule has 26 heavy (non-hydrogen) atoms. The van der Waals surface area contributed by atoms with Gasteiger partial charge in [-0.2, -0.15) is 0 Å². The fourth-order valence-corrected chi connectivity index (χ4v) is 3.27. The van der Waals surface area contributed by atoms with E-state index in [4.69, 9.17) is 11.6 Å². The van der Waals surface area contributed by atoms with E-state index in [0.29, 0.717) is 11.0 Å². The summed E-state index contributed by atoms with van der Waals surface area (Å²) < 4.78 is 0. The van der Waals surface area contributed by atoms with Crippen LogP contribution < -0.4 is 5.32 Å². The molecule has 3 rings (SSSR count). The van der Waals surface area contributed by atoms with E-state index in [-0.39, 0.29) is 16.1 Å². The van der Waals surface area contributed by atoms with Crippen molar-refractivity contribution in [2.45, 2.75) is 33.1 Å². The number of nitrogens with zero attached hydrogens (tertiary/aromatic N) is 3. The minimum absolute atomic E-state index is 0.106. The van der Waals surface area contributed by atoms with Crippen molar-refractivity contribution >= 4 is 34.0 Å². The Bertz CT molecular complexity index is 945. The van der Waals surface area contributed by atoms with Crippen LogP contribution in [0.1, 0.15) is 42.6 Å². The van der Waals surface area contributed by atoms with Gasteiger partial charge in [0.1, 0.15) is 5.82 Å². The monoisotopic (exact) mass is 386 g/mol. The van der Waals surface area contributed by atoms with Crippen molar-refractivity contribution < 1.29 is 4.79 Å². The first-order valence-corrected chi connectivity index (χ1v) is 9.37. The molecule has 0 aliphatic heterocycles. The van der Waals surface area contributed by atoms with Crippen molar-refractivity contribution in [2.75, 3.05) is 5.32 Å². The molecule has 0 aliphatic carbocycles. The topological polar surface area (TPSA) is 67.8 Å². The molecule has 2 heterocycles. The fraction of sp³-hybridized carbons (Fsp3) is 0.263. The predicted molar refractivity (Wildman–Crippen MR) is 106 cm³/mol. The van der Waals surface area contributed by atoms with Crippen LogP contribution in [0, 0.1) is 6.92 Å². The van der Waals surface area contributed by atoms with E-state index in [2.05, 4.69) is 53.2 Å². The van der Waals surface area contributed by atoms with Crippen LogP contribution in [-0.2, 0) is 5.41 Å². The summed E-state index contributed by atoms with van der Waals surface area (Å²) in [6.07, 6.45) is 1.42. The highest BCUT2D eigenvalue weighted by molar-refractivity contribution is 7.14. The Morgan fingerprint density at radius 3 is 2.50 bits per heavy atom. The Balaban J connectivity index is 1.78. The highest BCUT2D eigenvalue weighted by Gasteiger charge is 2.16. The van der Waals surface area contributed by atoms with Crippen molar-refractivity contribution in [3.63, 3.8) is 0 Å². The molecule has 0 unspecified atom stereocenters. The largest absolute Gasteiger partial charge is 0.296 e. The smallest absolute Gasteiger partial charge is 0.277 e. The van der Waals surface area contributed by atoms with E-state index < -0.39 is 5.91 Å². The molecule has 0 bridgehead atoms. The van der Waals surface area contributed by atoms with Crippen molar-refractivity contribution in [1.82, 2.24) is 15.0 Å². The second-order valence-corrected chi connectivity index (χ2v) is 8.20. The molecular formula is C19H19ClN4OS. The number of hydrogen-bond donors (Lipinski definition) is 1. The number of halogens is 1. The summed E-state index contributed by atoms with van der Waals surface area (Å²) in [6.45, 7) is 8.24. The molecule has 0 saturated carbocycles. The Morgan fingerprint density at radius 1 is 1.15 bits per heavy atom. The summed E-state index contributed by atoms with van der Waals surface area (Å²) in [6, 6.07) is 8.31. The number of carbonyl (C=O) groups is 1. The average molecular weight is 387 g/mol. The molecule has 0 spiro atoms. The Hall–Kier alpha value is -2.31. The summed E-state index contributed by atoms with van der Waals surface area (Å²) in [5, 5.41) is 5.37. The first-order chi connectivity index (χ1) is 12.2. The van der Waals surface area contributed by atoms with E-state index in [1.165, 1.54) is 23.1 Å². The second-order valence-electron chi connectivity index (χ2n) is 6.93. The minimum atomic E-state index is -0.399. The molecular weight excluding hydrogens is 368 g/mol. The number of thiazole rings is 1. The van der Waals surface area contributed by atoms with Gasteiger partial charge in [0.15, 0.2) is 10.8 Å². The van der Waals surface area contributed by atoms with E-state index in [1.807, 2.05) is 17.5 Å². The van der Waals surface area contributed by atoms with Gasteiger partial charge in [-0.3, -0.25) is 10.1 Å². The molecule has 1 amide bonds. The zero-order valence-electron chi connectivity index (χ0n) is 15.0. The van der Waals surface area contributed by atoms with Crippen LogP contribution in [0.2, 0.25) is 5.02 Å². The summed E-state index contributed by atoms with van der Waals surface area (Å²) >= 11 is 7.36. The SMILES string of the molecule is Cc1ncc(Cl)c(C(=O)Nc2nc(-c3ccc(C(C)(C)C)cc3)cs2)n1. The Morgan fingerprint density at radius 2 is 1.85 bits per heavy atom. The van der Waals surface area contributed by atoms with Gasteiger partial charge in [-0.1, -0.05) is 56.6 Å². The fourth-order valence-electron chi connectivity index (χ4n) is 2.38. The lowest BCUT2D eigenvalue weighted by Crippen LogP contribution is -2.15. The van der Waals surface area contributed by atoms with E-state index in [0.717, 1.165) is 11.3 Å². The molecule has 0 saturated heterocycles. The molecule has 3 aromatic rings. The maximum absolute atomic E-state index is 12.4. The highest BCUT2D eigenvalue weighted by atomic mass is 35.5. The molecule has 0 aliphatic rings. The Kier molecular flexibility index (Phi) is 5.07. The number of rotatable bonds is 3. The van der Waals surface area contributed by atoms with E-state index in [9.17, 15) is 4.79 Å². The number of aromatic nitrogens is 3. The van der Waals surface area contributed by atoms with Gasteiger partial charge < -0.3 is 0 Å². The third-order valence-corrected chi connectivity index (χ3v) is 4.89. The van der Waals surface area contributed by atoms with E-state index in [1.54, 1.807) is 6.92 Å². The van der Waals surface area contributed by atoms with Crippen molar-refractivity contribution in [3.8, 4) is 11.3 Å². The van der Waals surface area contributed by atoms with Crippen LogP contribution in [0.15, 0.2) is 35.8 Å². The summed E-state index contributed by atoms with van der Waals surface area (Å²) in [5.74, 6) is 0.0859. The van der Waals surface area contributed by atoms with Crippen LogP contribution in [0.5, 0.6) is 0 Å².